The average molecular weight is 259 g/mol. The van der Waals surface area contributed by atoms with Crippen LogP contribution in [0, 0.1) is 17.7 Å². The van der Waals surface area contributed by atoms with Gasteiger partial charge in [-0.1, -0.05) is 11.8 Å². The Labute approximate surface area is 101 Å². The number of alkyl halides is 3. The van der Waals surface area contributed by atoms with Gasteiger partial charge in [0, 0.05) is 12.5 Å². The summed E-state index contributed by atoms with van der Waals surface area (Å²) in [5.74, 6) is 3.24. The lowest BCUT2D eigenvalue weighted by atomic mass is 10.1. The van der Waals surface area contributed by atoms with E-state index in [1.165, 1.54) is 6.92 Å². The summed E-state index contributed by atoms with van der Waals surface area (Å²) in [7, 11) is 0. The molecule has 0 aromatic heterocycles. The molecule has 0 fully saturated rings. The highest BCUT2D eigenvalue weighted by atomic mass is 19.4. The van der Waals surface area contributed by atoms with E-state index in [4.69, 9.17) is 0 Å². The van der Waals surface area contributed by atoms with Crippen molar-refractivity contribution in [2.24, 2.45) is 0 Å². The van der Waals surface area contributed by atoms with Crippen LogP contribution in [0.15, 0.2) is 18.2 Å². The van der Waals surface area contributed by atoms with Crippen LogP contribution in [0.2, 0.25) is 0 Å². The Morgan fingerprint density at radius 1 is 1.39 bits per heavy atom. The van der Waals surface area contributed by atoms with Crippen LogP contribution in [0.3, 0.4) is 0 Å². The highest BCUT2D eigenvalue weighted by Gasteiger charge is 2.34. The van der Waals surface area contributed by atoms with Gasteiger partial charge in [-0.15, -0.1) is 0 Å². The third kappa shape index (κ3) is 4.09. The molecule has 0 aliphatic heterocycles. The van der Waals surface area contributed by atoms with Gasteiger partial charge in [0.05, 0.1) is 12.1 Å². The fourth-order valence-electron chi connectivity index (χ4n) is 1.14. The first-order chi connectivity index (χ1) is 8.30. The van der Waals surface area contributed by atoms with E-state index in [0.29, 0.717) is 12.1 Å². The number of nitrogens with one attached hydrogen (secondary N) is 1. The number of hydrogen-bond donors (Lipinski definition) is 1. The Balaban J connectivity index is 2.89. The van der Waals surface area contributed by atoms with Crippen LogP contribution >= 0.6 is 0 Å². The summed E-state index contributed by atoms with van der Waals surface area (Å²) in [6.07, 6.45) is -4.75. The summed E-state index contributed by atoms with van der Waals surface area (Å²) in [6, 6.07) is 2.49. The molecule has 0 spiro atoms. The van der Waals surface area contributed by atoms with E-state index >= 15 is 0 Å². The topological polar surface area (TPSA) is 29.1 Å². The number of hydrogen-bond acceptors (Lipinski definition) is 1. The molecule has 1 rings (SSSR count). The molecule has 1 aromatic carbocycles. The maximum Gasteiger partial charge on any atom is 0.419 e. The quantitative estimate of drug-likeness (QED) is 0.608. The maximum absolute atomic E-state index is 12.9. The zero-order valence-electron chi connectivity index (χ0n) is 9.36. The van der Waals surface area contributed by atoms with Gasteiger partial charge in [-0.05, 0) is 18.2 Å². The minimum Gasteiger partial charge on any atom is -0.345 e. The predicted molar refractivity (Wildman–Crippen MR) is 57.0 cm³/mol. The molecule has 96 valence electrons. The molecule has 1 aromatic rings. The van der Waals surface area contributed by atoms with Crippen LogP contribution in [-0.4, -0.2) is 12.5 Å². The standard InChI is InChI=1S/C12H9F4NO/c1-8(18)17-6-2-3-9-4-5-11(13)10(7-9)12(14,15)16/h4-5,7H,6H2,1H3,(H,17,18). The SMILES string of the molecule is CC(=O)NCC#Cc1ccc(F)c(C(F)(F)F)c1. The van der Waals surface area contributed by atoms with Gasteiger partial charge in [-0.3, -0.25) is 4.79 Å². The molecular weight excluding hydrogens is 250 g/mol. The van der Waals surface area contributed by atoms with Crippen molar-refractivity contribution in [3.05, 3.63) is 35.1 Å². The smallest absolute Gasteiger partial charge is 0.345 e. The summed E-state index contributed by atoms with van der Waals surface area (Å²) in [5, 5.41) is 2.36. The molecule has 6 heteroatoms. The fourth-order valence-corrected chi connectivity index (χ4v) is 1.14. The fraction of sp³-hybridized carbons (Fsp3) is 0.250. The van der Waals surface area contributed by atoms with Crippen LogP contribution in [0.5, 0.6) is 0 Å². The van der Waals surface area contributed by atoms with E-state index in [9.17, 15) is 22.4 Å². The second-order valence-corrected chi connectivity index (χ2v) is 3.40. The molecule has 2 nitrogen and oxygen atoms in total. The molecule has 1 amide bonds. The molecule has 0 bridgehead atoms. The van der Waals surface area contributed by atoms with Crippen molar-refractivity contribution in [3.63, 3.8) is 0 Å². The molecule has 18 heavy (non-hydrogen) atoms. The zero-order valence-corrected chi connectivity index (χ0v) is 9.36. The molecule has 0 saturated carbocycles. The maximum atomic E-state index is 12.9. The third-order valence-electron chi connectivity index (χ3n) is 1.93. The van der Waals surface area contributed by atoms with Crippen molar-refractivity contribution in [1.82, 2.24) is 5.32 Å². The summed E-state index contributed by atoms with van der Waals surface area (Å²) in [6.45, 7) is 1.31. The third-order valence-corrected chi connectivity index (χ3v) is 1.93. The molecule has 1 N–H and O–H groups in total. The van der Waals surface area contributed by atoms with Crippen LogP contribution in [0.1, 0.15) is 18.1 Å². The first-order valence-electron chi connectivity index (χ1n) is 4.91. The van der Waals surface area contributed by atoms with Crippen LogP contribution in [0.4, 0.5) is 17.6 Å². The number of carbonyl (C=O) groups is 1. The normalized spacial score (nSPS) is 10.5. The van der Waals surface area contributed by atoms with Crippen molar-refractivity contribution >= 4 is 5.91 Å². The molecule has 0 saturated heterocycles. The molecule has 0 atom stereocenters. The Morgan fingerprint density at radius 2 is 2.06 bits per heavy atom. The number of amides is 1. The largest absolute Gasteiger partial charge is 0.419 e. The zero-order chi connectivity index (χ0) is 13.8. The van der Waals surface area contributed by atoms with E-state index in [1.807, 2.05) is 0 Å². The van der Waals surface area contributed by atoms with Gasteiger partial charge >= 0.3 is 6.18 Å². The van der Waals surface area contributed by atoms with Crippen LogP contribution < -0.4 is 5.32 Å². The van der Waals surface area contributed by atoms with Gasteiger partial charge in [0.1, 0.15) is 5.82 Å². The van der Waals surface area contributed by atoms with Crippen molar-refractivity contribution < 1.29 is 22.4 Å². The number of halogens is 4. The van der Waals surface area contributed by atoms with Gasteiger partial charge in [0.15, 0.2) is 0 Å². The van der Waals surface area contributed by atoms with E-state index in [0.717, 1.165) is 6.07 Å². The molecule has 0 unspecified atom stereocenters. The first-order valence-corrected chi connectivity index (χ1v) is 4.91. The summed E-state index contributed by atoms with van der Waals surface area (Å²) >= 11 is 0. The van der Waals surface area contributed by atoms with E-state index in [1.54, 1.807) is 0 Å². The first kappa shape index (κ1) is 14.0. The van der Waals surface area contributed by atoms with Gasteiger partial charge in [0.2, 0.25) is 5.91 Å². The number of rotatable bonds is 1. The Bertz CT molecular complexity index is 511. The van der Waals surface area contributed by atoms with E-state index in [-0.39, 0.29) is 18.0 Å². The minimum atomic E-state index is -4.75. The van der Waals surface area contributed by atoms with Gasteiger partial charge in [0.25, 0.3) is 0 Å². The Hall–Kier alpha value is -2.03. The van der Waals surface area contributed by atoms with E-state index < -0.39 is 17.6 Å². The van der Waals surface area contributed by atoms with Crippen molar-refractivity contribution in [2.75, 3.05) is 6.54 Å². The van der Waals surface area contributed by atoms with Crippen molar-refractivity contribution in [2.45, 2.75) is 13.1 Å². The average Bonchev–Trinajstić information content (AvgIpc) is 2.24. The second-order valence-electron chi connectivity index (χ2n) is 3.40. The predicted octanol–water partition coefficient (Wildman–Crippen LogP) is 2.33. The summed E-state index contributed by atoms with van der Waals surface area (Å²) in [5.41, 5.74) is -1.32. The monoisotopic (exact) mass is 259 g/mol. The van der Waals surface area contributed by atoms with Gasteiger partial charge in [-0.2, -0.15) is 13.2 Å². The highest BCUT2D eigenvalue weighted by molar-refractivity contribution is 5.73. The lowest BCUT2D eigenvalue weighted by Crippen LogP contribution is -2.19. The second kappa shape index (κ2) is 5.54. The number of carbonyl (C=O) groups excluding carboxylic acids is 1. The van der Waals surface area contributed by atoms with Gasteiger partial charge in [-0.25, -0.2) is 4.39 Å². The lowest BCUT2D eigenvalue weighted by Gasteiger charge is -2.07. The number of benzene rings is 1. The molecule has 0 aliphatic carbocycles. The molecule has 0 aliphatic rings. The molecule has 0 radical (unpaired) electrons. The lowest BCUT2D eigenvalue weighted by molar-refractivity contribution is -0.140. The molecule has 0 heterocycles. The summed E-state index contributed by atoms with van der Waals surface area (Å²) < 4.78 is 50.1. The minimum absolute atomic E-state index is 0.0219. The van der Waals surface area contributed by atoms with Crippen molar-refractivity contribution in [1.29, 1.82) is 0 Å². The van der Waals surface area contributed by atoms with Gasteiger partial charge < -0.3 is 5.32 Å². The Morgan fingerprint density at radius 3 is 2.61 bits per heavy atom. The van der Waals surface area contributed by atoms with Crippen LogP contribution in [0.25, 0.3) is 0 Å². The van der Waals surface area contributed by atoms with Crippen LogP contribution in [-0.2, 0) is 11.0 Å². The summed E-state index contributed by atoms with van der Waals surface area (Å²) in [4.78, 5) is 10.5. The van der Waals surface area contributed by atoms with Crippen molar-refractivity contribution in [3.8, 4) is 11.8 Å². The Kier molecular flexibility index (Phi) is 4.32. The highest BCUT2D eigenvalue weighted by Crippen LogP contribution is 2.31. The van der Waals surface area contributed by atoms with E-state index in [2.05, 4.69) is 17.2 Å². The molecular formula is C12H9F4NO.